The Bertz CT molecular complexity index is 567. The average molecular weight is 295 g/mol. The number of nitrogens with zero attached hydrogens (tertiary/aromatic N) is 1. The number of aromatic nitrogens is 1. The molecule has 1 aromatic carbocycles. The lowest BCUT2D eigenvalue weighted by molar-refractivity contribution is 0.419. The molecule has 1 heterocycles. The van der Waals surface area contributed by atoms with Crippen LogP contribution in [-0.4, -0.2) is 12.1 Å². The van der Waals surface area contributed by atoms with Crippen LogP contribution < -0.4 is 10.5 Å². The molecule has 0 spiro atoms. The minimum Gasteiger partial charge on any atom is -0.494 e. The van der Waals surface area contributed by atoms with Gasteiger partial charge in [0.2, 0.25) is 0 Å². The number of hydrogen-bond donors (Lipinski definition) is 1. The molecule has 17 heavy (non-hydrogen) atoms. The number of benzene rings is 1. The molecule has 2 N–H and O–H groups in total. The fourth-order valence-corrected chi connectivity index (χ4v) is 2.29. The molecule has 0 aliphatic carbocycles. The van der Waals surface area contributed by atoms with Crippen molar-refractivity contribution in [2.45, 2.75) is 19.8 Å². The van der Waals surface area contributed by atoms with Gasteiger partial charge in [0.25, 0.3) is 0 Å². The number of pyridine rings is 1. The van der Waals surface area contributed by atoms with Crippen molar-refractivity contribution in [1.82, 2.24) is 4.98 Å². The zero-order valence-corrected chi connectivity index (χ0v) is 11.7. The SMILES string of the molecule is COc1ccc(Br)c2cc(C(C)C)c(N)nc12. The van der Waals surface area contributed by atoms with Crippen LogP contribution in [0.25, 0.3) is 10.9 Å². The van der Waals surface area contributed by atoms with Crippen molar-refractivity contribution in [3.05, 3.63) is 28.2 Å². The fourth-order valence-electron chi connectivity index (χ4n) is 1.86. The van der Waals surface area contributed by atoms with Gasteiger partial charge < -0.3 is 10.5 Å². The van der Waals surface area contributed by atoms with E-state index >= 15 is 0 Å². The number of halogens is 1. The van der Waals surface area contributed by atoms with Gasteiger partial charge in [-0.1, -0.05) is 29.8 Å². The fraction of sp³-hybridized carbons (Fsp3) is 0.308. The first-order valence-electron chi connectivity index (χ1n) is 5.47. The van der Waals surface area contributed by atoms with Gasteiger partial charge in [-0.2, -0.15) is 0 Å². The second-order valence-corrected chi connectivity index (χ2v) is 5.12. The van der Waals surface area contributed by atoms with E-state index in [2.05, 4.69) is 40.8 Å². The maximum Gasteiger partial charge on any atom is 0.145 e. The van der Waals surface area contributed by atoms with Gasteiger partial charge >= 0.3 is 0 Å². The van der Waals surface area contributed by atoms with Gasteiger partial charge in [-0.3, -0.25) is 0 Å². The Hall–Kier alpha value is -1.29. The van der Waals surface area contributed by atoms with Crippen molar-refractivity contribution in [2.24, 2.45) is 0 Å². The summed E-state index contributed by atoms with van der Waals surface area (Å²) >= 11 is 3.53. The summed E-state index contributed by atoms with van der Waals surface area (Å²) in [7, 11) is 1.64. The van der Waals surface area contributed by atoms with Gasteiger partial charge in [-0.15, -0.1) is 0 Å². The predicted octanol–water partition coefficient (Wildman–Crippen LogP) is 3.71. The van der Waals surface area contributed by atoms with E-state index in [0.29, 0.717) is 11.7 Å². The molecule has 0 radical (unpaired) electrons. The monoisotopic (exact) mass is 294 g/mol. The molecule has 0 aliphatic rings. The lowest BCUT2D eigenvalue weighted by Crippen LogP contribution is -2.01. The molecule has 2 rings (SSSR count). The third kappa shape index (κ3) is 2.09. The highest BCUT2D eigenvalue weighted by Gasteiger charge is 2.12. The van der Waals surface area contributed by atoms with Crippen molar-refractivity contribution in [3.8, 4) is 5.75 Å². The topological polar surface area (TPSA) is 48.1 Å². The number of methoxy groups -OCH3 is 1. The van der Waals surface area contributed by atoms with Gasteiger partial charge in [0.05, 0.1) is 7.11 Å². The minimum atomic E-state index is 0.352. The quantitative estimate of drug-likeness (QED) is 0.918. The number of ether oxygens (including phenoxy) is 1. The Labute approximate surface area is 109 Å². The van der Waals surface area contributed by atoms with Gasteiger partial charge in [0.1, 0.15) is 17.1 Å². The van der Waals surface area contributed by atoms with Crippen LogP contribution in [0, 0.1) is 0 Å². The van der Waals surface area contributed by atoms with E-state index in [4.69, 9.17) is 10.5 Å². The number of fused-ring (bicyclic) bond motifs is 1. The van der Waals surface area contributed by atoms with Crippen LogP contribution in [0.2, 0.25) is 0 Å². The smallest absolute Gasteiger partial charge is 0.145 e. The van der Waals surface area contributed by atoms with Crippen LogP contribution in [0.4, 0.5) is 5.82 Å². The molecule has 2 aromatic rings. The first-order chi connectivity index (χ1) is 8.04. The lowest BCUT2D eigenvalue weighted by atomic mass is 10.0. The van der Waals surface area contributed by atoms with Crippen LogP contribution >= 0.6 is 15.9 Å². The zero-order chi connectivity index (χ0) is 12.6. The average Bonchev–Trinajstić information content (AvgIpc) is 2.28. The van der Waals surface area contributed by atoms with E-state index in [1.165, 1.54) is 0 Å². The van der Waals surface area contributed by atoms with E-state index in [-0.39, 0.29) is 0 Å². The van der Waals surface area contributed by atoms with Gasteiger partial charge in [0, 0.05) is 9.86 Å². The molecule has 4 heteroatoms. The van der Waals surface area contributed by atoms with Crippen molar-refractivity contribution in [2.75, 3.05) is 12.8 Å². The highest BCUT2D eigenvalue weighted by atomic mass is 79.9. The Morgan fingerprint density at radius 1 is 1.35 bits per heavy atom. The van der Waals surface area contributed by atoms with Crippen molar-refractivity contribution in [3.63, 3.8) is 0 Å². The largest absolute Gasteiger partial charge is 0.494 e. The van der Waals surface area contributed by atoms with Crippen LogP contribution in [-0.2, 0) is 0 Å². The molecule has 1 aromatic heterocycles. The Balaban J connectivity index is 2.81. The Morgan fingerprint density at radius 3 is 2.65 bits per heavy atom. The maximum atomic E-state index is 5.98. The molecule has 0 unspecified atom stereocenters. The summed E-state index contributed by atoms with van der Waals surface area (Å²) in [4.78, 5) is 4.45. The molecule has 0 fully saturated rings. The molecule has 0 saturated heterocycles. The van der Waals surface area contributed by atoms with Crippen molar-refractivity contribution >= 4 is 32.7 Å². The number of nitrogen functional groups attached to an aromatic ring is 1. The summed E-state index contributed by atoms with van der Waals surface area (Å²) in [6.45, 7) is 4.21. The second kappa shape index (κ2) is 4.53. The third-order valence-electron chi connectivity index (χ3n) is 2.80. The highest BCUT2D eigenvalue weighted by molar-refractivity contribution is 9.10. The number of nitrogens with two attached hydrogens (primary N) is 1. The van der Waals surface area contributed by atoms with E-state index in [1.54, 1.807) is 7.11 Å². The second-order valence-electron chi connectivity index (χ2n) is 4.26. The van der Waals surface area contributed by atoms with E-state index in [1.807, 2.05) is 12.1 Å². The standard InChI is InChI=1S/C13H15BrN2O/c1-7(2)8-6-9-10(14)4-5-11(17-3)12(9)16-13(8)15/h4-7H,1-3H3,(H2,15,16). The van der Waals surface area contributed by atoms with E-state index in [9.17, 15) is 0 Å². The summed E-state index contributed by atoms with van der Waals surface area (Å²) in [5.41, 5.74) is 7.84. The van der Waals surface area contributed by atoms with Crippen LogP contribution in [0.5, 0.6) is 5.75 Å². The first kappa shape index (κ1) is 12.2. The molecule has 0 saturated carbocycles. The van der Waals surface area contributed by atoms with Crippen molar-refractivity contribution < 1.29 is 4.74 Å². The van der Waals surface area contributed by atoms with Gasteiger partial charge in [-0.25, -0.2) is 4.98 Å². The summed E-state index contributed by atoms with van der Waals surface area (Å²) < 4.78 is 6.30. The Kier molecular flexibility index (Phi) is 3.24. The molecule has 0 atom stereocenters. The molecule has 0 bridgehead atoms. The van der Waals surface area contributed by atoms with Crippen molar-refractivity contribution in [1.29, 1.82) is 0 Å². The maximum absolute atomic E-state index is 5.98. The predicted molar refractivity (Wildman–Crippen MR) is 74.5 cm³/mol. The zero-order valence-electron chi connectivity index (χ0n) is 10.1. The van der Waals surface area contributed by atoms with Gasteiger partial charge in [-0.05, 0) is 29.7 Å². The van der Waals surface area contributed by atoms with Crippen LogP contribution in [0.1, 0.15) is 25.3 Å². The number of rotatable bonds is 2. The van der Waals surface area contributed by atoms with Gasteiger partial charge in [0.15, 0.2) is 0 Å². The van der Waals surface area contributed by atoms with E-state index in [0.717, 1.165) is 26.7 Å². The first-order valence-corrected chi connectivity index (χ1v) is 6.26. The van der Waals surface area contributed by atoms with Crippen LogP contribution in [0.3, 0.4) is 0 Å². The van der Waals surface area contributed by atoms with Crippen LogP contribution in [0.15, 0.2) is 22.7 Å². The normalized spacial score (nSPS) is 11.1. The summed E-state index contributed by atoms with van der Waals surface area (Å²) in [5.74, 6) is 1.67. The molecule has 3 nitrogen and oxygen atoms in total. The third-order valence-corrected chi connectivity index (χ3v) is 3.49. The minimum absolute atomic E-state index is 0.352. The number of anilines is 1. The molecule has 0 aliphatic heterocycles. The number of hydrogen-bond acceptors (Lipinski definition) is 3. The molecular formula is C13H15BrN2O. The molecule has 90 valence electrons. The van der Waals surface area contributed by atoms with E-state index < -0.39 is 0 Å². The summed E-state index contributed by atoms with van der Waals surface area (Å²) in [5, 5.41) is 1.03. The molecular weight excluding hydrogens is 280 g/mol. The molecule has 0 amide bonds. The summed E-state index contributed by atoms with van der Waals surface area (Å²) in [6.07, 6.45) is 0. The highest BCUT2D eigenvalue weighted by Crippen LogP contribution is 2.34. The summed E-state index contributed by atoms with van der Waals surface area (Å²) in [6, 6.07) is 5.92. The lowest BCUT2D eigenvalue weighted by Gasteiger charge is -2.12. The Morgan fingerprint density at radius 2 is 2.06 bits per heavy atom.